The molecule has 0 saturated carbocycles. The molecule has 2 unspecified atom stereocenters. The maximum absolute atomic E-state index is 10.2. The minimum atomic E-state index is -0.524. The molecule has 0 fully saturated rings. The first-order valence-electron chi connectivity index (χ1n) is 7.80. The van der Waals surface area contributed by atoms with Crippen LogP contribution in [0.15, 0.2) is 48.5 Å². The molecule has 0 bridgehead atoms. The van der Waals surface area contributed by atoms with E-state index in [1.807, 2.05) is 36.4 Å². The van der Waals surface area contributed by atoms with Crippen molar-refractivity contribution in [2.45, 2.75) is 18.9 Å². The van der Waals surface area contributed by atoms with Crippen LogP contribution in [0.5, 0.6) is 11.5 Å². The quantitative estimate of drug-likeness (QED) is 0.786. The van der Waals surface area contributed by atoms with Gasteiger partial charge in [-0.1, -0.05) is 31.2 Å². The first kappa shape index (κ1) is 17.3. The Morgan fingerprint density at radius 1 is 0.826 bits per heavy atom. The van der Waals surface area contributed by atoms with Crippen LogP contribution in [-0.2, 0) is 0 Å². The number of nitrogens with one attached hydrogen (secondary N) is 1. The first-order chi connectivity index (χ1) is 11.1. The van der Waals surface area contributed by atoms with Gasteiger partial charge in [0.25, 0.3) is 0 Å². The average molecular weight is 315 g/mol. The van der Waals surface area contributed by atoms with Gasteiger partial charge in [0.2, 0.25) is 0 Å². The van der Waals surface area contributed by atoms with Crippen LogP contribution in [0.2, 0.25) is 0 Å². The lowest BCUT2D eigenvalue weighted by Gasteiger charge is -2.16. The van der Waals surface area contributed by atoms with Crippen LogP contribution in [0.1, 0.15) is 30.1 Å². The minimum Gasteiger partial charge on any atom is -0.497 e. The highest BCUT2D eigenvalue weighted by Crippen LogP contribution is 2.19. The molecule has 0 aromatic heterocycles. The second-order valence-corrected chi connectivity index (χ2v) is 5.62. The smallest absolute Gasteiger partial charge is 0.118 e. The molecule has 2 N–H and O–H groups in total. The highest BCUT2D eigenvalue weighted by atomic mass is 16.5. The maximum Gasteiger partial charge on any atom is 0.118 e. The van der Waals surface area contributed by atoms with Gasteiger partial charge in [-0.15, -0.1) is 0 Å². The van der Waals surface area contributed by atoms with Crippen LogP contribution in [-0.4, -0.2) is 32.4 Å². The number of methoxy groups -OCH3 is 2. The van der Waals surface area contributed by atoms with E-state index in [4.69, 9.17) is 9.47 Å². The molecule has 0 amide bonds. The van der Waals surface area contributed by atoms with Crippen LogP contribution in [0, 0.1) is 0 Å². The Hall–Kier alpha value is -2.04. The molecule has 0 heterocycles. The number of ether oxygens (including phenoxy) is 2. The SMILES string of the molecule is COc1ccc(C(C)CNCC(O)c2ccc(OC)cc2)cc1. The molecular formula is C19H25NO3. The topological polar surface area (TPSA) is 50.7 Å². The van der Waals surface area contributed by atoms with Gasteiger partial charge in [0.1, 0.15) is 11.5 Å². The van der Waals surface area contributed by atoms with Crippen LogP contribution in [0.4, 0.5) is 0 Å². The van der Waals surface area contributed by atoms with E-state index < -0.39 is 6.10 Å². The average Bonchev–Trinajstić information content (AvgIpc) is 2.61. The van der Waals surface area contributed by atoms with E-state index in [-0.39, 0.29) is 0 Å². The summed E-state index contributed by atoms with van der Waals surface area (Å²) in [6.45, 7) is 3.49. The Morgan fingerprint density at radius 3 is 1.78 bits per heavy atom. The molecule has 0 saturated heterocycles. The van der Waals surface area contributed by atoms with Crippen molar-refractivity contribution >= 4 is 0 Å². The number of benzene rings is 2. The molecule has 2 aromatic carbocycles. The Kier molecular flexibility index (Phi) is 6.44. The fourth-order valence-corrected chi connectivity index (χ4v) is 2.43. The second-order valence-electron chi connectivity index (χ2n) is 5.62. The molecule has 0 aliphatic heterocycles. The summed E-state index contributed by atoms with van der Waals surface area (Å²) >= 11 is 0. The van der Waals surface area contributed by atoms with Gasteiger partial charge in [0.15, 0.2) is 0 Å². The van der Waals surface area contributed by atoms with Crippen molar-refractivity contribution in [2.75, 3.05) is 27.3 Å². The summed E-state index contributed by atoms with van der Waals surface area (Å²) < 4.78 is 10.3. The third-order valence-electron chi connectivity index (χ3n) is 3.97. The number of rotatable bonds is 8. The van der Waals surface area contributed by atoms with Crippen molar-refractivity contribution in [1.82, 2.24) is 5.32 Å². The van der Waals surface area contributed by atoms with Crippen LogP contribution in [0.3, 0.4) is 0 Å². The van der Waals surface area contributed by atoms with E-state index in [0.717, 1.165) is 23.6 Å². The standard InChI is InChI=1S/C19H25NO3/c1-14(15-4-8-17(22-2)9-5-15)12-20-13-19(21)16-6-10-18(23-3)11-7-16/h4-11,14,19-21H,12-13H2,1-3H3. The largest absolute Gasteiger partial charge is 0.497 e. The molecule has 0 radical (unpaired) electrons. The zero-order chi connectivity index (χ0) is 16.7. The summed E-state index contributed by atoms with van der Waals surface area (Å²) in [6, 6.07) is 15.6. The predicted octanol–water partition coefficient (Wildman–Crippen LogP) is 3.13. The number of aliphatic hydroxyl groups excluding tert-OH is 1. The van der Waals surface area contributed by atoms with Crippen molar-refractivity contribution in [2.24, 2.45) is 0 Å². The molecule has 4 heteroatoms. The number of hydrogen-bond donors (Lipinski definition) is 2. The summed E-state index contributed by atoms with van der Waals surface area (Å²) in [5, 5.41) is 13.5. The summed E-state index contributed by atoms with van der Waals surface area (Å²) in [6.07, 6.45) is -0.524. The lowest BCUT2D eigenvalue weighted by atomic mass is 10.0. The van der Waals surface area contributed by atoms with E-state index >= 15 is 0 Å². The van der Waals surface area contributed by atoms with Crippen LogP contribution >= 0.6 is 0 Å². The minimum absolute atomic E-state index is 0.365. The van der Waals surface area contributed by atoms with Gasteiger partial charge in [-0.2, -0.15) is 0 Å². The molecule has 0 spiro atoms. The normalized spacial score (nSPS) is 13.4. The van der Waals surface area contributed by atoms with Gasteiger partial charge in [0, 0.05) is 13.1 Å². The molecule has 2 aromatic rings. The van der Waals surface area contributed by atoms with Crippen molar-refractivity contribution in [3.05, 3.63) is 59.7 Å². The molecule has 2 rings (SSSR count). The van der Waals surface area contributed by atoms with Gasteiger partial charge in [-0.25, -0.2) is 0 Å². The third kappa shape index (κ3) is 4.98. The predicted molar refractivity (Wildman–Crippen MR) is 92.2 cm³/mol. The summed E-state index contributed by atoms with van der Waals surface area (Å²) in [5.41, 5.74) is 2.13. The van der Waals surface area contributed by atoms with Crippen molar-refractivity contribution in [3.63, 3.8) is 0 Å². The Morgan fingerprint density at radius 2 is 1.30 bits per heavy atom. The van der Waals surface area contributed by atoms with Gasteiger partial charge in [0.05, 0.1) is 20.3 Å². The van der Waals surface area contributed by atoms with E-state index in [0.29, 0.717) is 12.5 Å². The van der Waals surface area contributed by atoms with Crippen molar-refractivity contribution in [3.8, 4) is 11.5 Å². The highest BCUT2D eigenvalue weighted by Gasteiger charge is 2.10. The summed E-state index contributed by atoms with van der Waals surface area (Å²) in [7, 11) is 3.30. The number of aliphatic hydroxyl groups is 1. The zero-order valence-corrected chi connectivity index (χ0v) is 14.0. The van der Waals surface area contributed by atoms with Crippen LogP contribution < -0.4 is 14.8 Å². The molecule has 0 aliphatic rings. The third-order valence-corrected chi connectivity index (χ3v) is 3.97. The van der Waals surface area contributed by atoms with E-state index in [2.05, 4.69) is 24.4 Å². The fraction of sp³-hybridized carbons (Fsp3) is 0.368. The summed E-state index contributed by atoms with van der Waals surface area (Å²) in [4.78, 5) is 0. The molecule has 23 heavy (non-hydrogen) atoms. The zero-order valence-electron chi connectivity index (χ0n) is 14.0. The Labute approximate surface area is 138 Å². The Balaban J connectivity index is 1.80. The van der Waals surface area contributed by atoms with Crippen molar-refractivity contribution < 1.29 is 14.6 Å². The van der Waals surface area contributed by atoms with Crippen LogP contribution in [0.25, 0.3) is 0 Å². The number of hydrogen-bond acceptors (Lipinski definition) is 4. The van der Waals surface area contributed by atoms with Gasteiger partial charge < -0.3 is 19.9 Å². The fourth-order valence-electron chi connectivity index (χ4n) is 2.43. The second kappa shape index (κ2) is 8.56. The van der Waals surface area contributed by atoms with Gasteiger partial charge >= 0.3 is 0 Å². The molecule has 124 valence electrons. The molecule has 2 atom stereocenters. The molecule has 0 aliphatic carbocycles. The highest BCUT2D eigenvalue weighted by molar-refractivity contribution is 5.30. The monoisotopic (exact) mass is 315 g/mol. The maximum atomic E-state index is 10.2. The molecule has 4 nitrogen and oxygen atoms in total. The lowest BCUT2D eigenvalue weighted by molar-refractivity contribution is 0.174. The lowest BCUT2D eigenvalue weighted by Crippen LogP contribution is -2.25. The van der Waals surface area contributed by atoms with Gasteiger partial charge in [-0.3, -0.25) is 0 Å². The summed E-state index contributed by atoms with van der Waals surface area (Å²) in [5.74, 6) is 2.02. The first-order valence-corrected chi connectivity index (χ1v) is 7.80. The van der Waals surface area contributed by atoms with E-state index in [9.17, 15) is 5.11 Å². The molecular weight excluding hydrogens is 290 g/mol. The Bertz CT molecular complexity index is 527. The van der Waals surface area contributed by atoms with Gasteiger partial charge in [-0.05, 0) is 41.3 Å². The van der Waals surface area contributed by atoms with Crippen molar-refractivity contribution in [1.29, 1.82) is 0 Å². The van der Waals surface area contributed by atoms with E-state index in [1.54, 1.807) is 14.2 Å². The van der Waals surface area contributed by atoms with E-state index in [1.165, 1.54) is 5.56 Å².